The van der Waals surface area contributed by atoms with E-state index in [0.29, 0.717) is 17.1 Å². The molecule has 0 bridgehead atoms. The standard InChI is InChI=1S/C22H26ClFN2O3/c1-15(2)12-25-22(28)16(3)26(13-17-8-4-5-9-18(17)23)21(27)14-29-20-11-7-6-10-19(20)24/h4-11,15-16H,12-14H2,1-3H3,(H,25,28)/t16-/m0/s1. The molecule has 0 unspecified atom stereocenters. The Hall–Kier alpha value is -2.60. The Kier molecular flexibility index (Phi) is 8.46. The molecule has 29 heavy (non-hydrogen) atoms. The summed E-state index contributed by atoms with van der Waals surface area (Å²) in [5.41, 5.74) is 0.705. The Bertz CT molecular complexity index is 844. The van der Waals surface area contributed by atoms with Gasteiger partial charge >= 0.3 is 0 Å². The van der Waals surface area contributed by atoms with Gasteiger partial charge in [-0.25, -0.2) is 4.39 Å². The van der Waals surface area contributed by atoms with E-state index in [1.54, 1.807) is 31.2 Å². The third-order valence-electron chi connectivity index (χ3n) is 4.34. The molecule has 0 spiro atoms. The molecule has 2 aromatic carbocycles. The fourth-order valence-corrected chi connectivity index (χ4v) is 2.82. The highest BCUT2D eigenvalue weighted by Crippen LogP contribution is 2.20. The minimum atomic E-state index is -0.748. The van der Waals surface area contributed by atoms with Crippen molar-refractivity contribution in [1.29, 1.82) is 0 Å². The van der Waals surface area contributed by atoms with Gasteiger partial charge in [-0.3, -0.25) is 9.59 Å². The summed E-state index contributed by atoms with van der Waals surface area (Å²) in [7, 11) is 0. The van der Waals surface area contributed by atoms with Crippen molar-refractivity contribution in [2.24, 2.45) is 5.92 Å². The van der Waals surface area contributed by atoms with Crippen LogP contribution in [0.15, 0.2) is 48.5 Å². The van der Waals surface area contributed by atoms with Gasteiger partial charge in [0.25, 0.3) is 5.91 Å². The largest absolute Gasteiger partial charge is 0.481 e. The second kappa shape index (κ2) is 10.8. The molecule has 2 aromatic rings. The summed E-state index contributed by atoms with van der Waals surface area (Å²) >= 11 is 6.23. The molecule has 2 amide bonds. The topological polar surface area (TPSA) is 58.6 Å². The summed E-state index contributed by atoms with van der Waals surface area (Å²) in [6.07, 6.45) is 0. The summed E-state index contributed by atoms with van der Waals surface area (Å²) in [5.74, 6) is -1.01. The Balaban J connectivity index is 2.16. The fourth-order valence-electron chi connectivity index (χ4n) is 2.63. The van der Waals surface area contributed by atoms with Crippen LogP contribution in [0.1, 0.15) is 26.3 Å². The van der Waals surface area contributed by atoms with Crippen molar-refractivity contribution in [3.8, 4) is 5.75 Å². The van der Waals surface area contributed by atoms with E-state index in [2.05, 4.69) is 5.32 Å². The summed E-state index contributed by atoms with van der Waals surface area (Å²) < 4.78 is 19.1. The number of rotatable bonds is 9. The molecule has 0 heterocycles. The van der Waals surface area contributed by atoms with E-state index in [4.69, 9.17) is 16.3 Å². The molecule has 0 aliphatic carbocycles. The van der Waals surface area contributed by atoms with E-state index < -0.39 is 24.4 Å². The number of hydrogen-bond acceptors (Lipinski definition) is 3. The maximum absolute atomic E-state index is 13.8. The summed E-state index contributed by atoms with van der Waals surface area (Å²) in [6, 6.07) is 12.2. The molecule has 156 valence electrons. The first kappa shape index (κ1) is 22.7. The van der Waals surface area contributed by atoms with E-state index in [9.17, 15) is 14.0 Å². The van der Waals surface area contributed by atoms with Gasteiger partial charge in [0.2, 0.25) is 5.91 Å². The van der Waals surface area contributed by atoms with Gasteiger partial charge in [0.1, 0.15) is 6.04 Å². The second-order valence-corrected chi connectivity index (χ2v) is 7.55. The number of ether oxygens (including phenoxy) is 1. The maximum Gasteiger partial charge on any atom is 0.261 e. The zero-order chi connectivity index (χ0) is 21.4. The van der Waals surface area contributed by atoms with Crippen LogP contribution in [0.25, 0.3) is 0 Å². The van der Waals surface area contributed by atoms with E-state index in [0.717, 1.165) is 0 Å². The minimum absolute atomic E-state index is 0.0181. The molecule has 0 saturated carbocycles. The van der Waals surface area contributed by atoms with Crippen LogP contribution >= 0.6 is 11.6 Å². The molecule has 1 atom stereocenters. The second-order valence-electron chi connectivity index (χ2n) is 7.15. The van der Waals surface area contributed by atoms with E-state index in [1.807, 2.05) is 19.9 Å². The normalized spacial score (nSPS) is 11.8. The lowest BCUT2D eigenvalue weighted by atomic mass is 10.1. The number of hydrogen-bond donors (Lipinski definition) is 1. The molecule has 7 heteroatoms. The Morgan fingerprint density at radius 2 is 1.76 bits per heavy atom. The highest BCUT2D eigenvalue weighted by atomic mass is 35.5. The van der Waals surface area contributed by atoms with Crippen LogP contribution in [0, 0.1) is 11.7 Å². The van der Waals surface area contributed by atoms with E-state index >= 15 is 0 Å². The molecule has 5 nitrogen and oxygen atoms in total. The molecule has 0 aliphatic heterocycles. The van der Waals surface area contributed by atoms with Crippen molar-refractivity contribution in [2.45, 2.75) is 33.4 Å². The quantitative estimate of drug-likeness (QED) is 0.665. The summed E-state index contributed by atoms with van der Waals surface area (Å²) in [6.45, 7) is 5.86. The predicted molar refractivity (Wildman–Crippen MR) is 111 cm³/mol. The number of para-hydroxylation sites is 1. The number of carbonyl (C=O) groups excluding carboxylic acids is 2. The SMILES string of the molecule is CC(C)CNC(=O)[C@H](C)N(Cc1ccccc1Cl)C(=O)COc1ccccc1F. The van der Waals surface area contributed by atoms with Crippen molar-refractivity contribution < 1.29 is 18.7 Å². The number of amides is 2. The Morgan fingerprint density at radius 1 is 1.10 bits per heavy atom. The fraction of sp³-hybridized carbons (Fsp3) is 0.364. The molecule has 0 fully saturated rings. The monoisotopic (exact) mass is 420 g/mol. The lowest BCUT2D eigenvalue weighted by Gasteiger charge is -2.29. The van der Waals surface area contributed by atoms with Gasteiger partial charge in [-0.1, -0.05) is 55.8 Å². The van der Waals surface area contributed by atoms with Crippen molar-refractivity contribution >= 4 is 23.4 Å². The number of carbonyl (C=O) groups is 2. The lowest BCUT2D eigenvalue weighted by Crippen LogP contribution is -2.49. The van der Waals surface area contributed by atoms with Crippen molar-refractivity contribution in [3.63, 3.8) is 0 Å². The van der Waals surface area contributed by atoms with Crippen LogP contribution in [0.3, 0.4) is 0 Å². The van der Waals surface area contributed by atoms with Crippen LogP contribution in [-0.2, 0) is 16.1 Å². The van der Waals surface area contributed by atoms with Crippen LogP contribution in [0.4, 0.5) is 4.39 Å². The Labute approximate surface area is 175 Å². The number of nitrogens with zero attached hydrogens (tertiary/aromatic N) is 1. The van der Waals surface area contributed by atoms with Crippen LogP contribution in [0.5, 0.6) is 5.75 Å². The molecule has 2 rings (SSSR count). The minimum Gasteiger partial charge on any atom is -0.481 e. The highest BCUT2D eigenvalue weighted by molar-refractivity contribution is 6.31. The van der Waals surface area contributed by atoms with Gasteiger partial charge in [0.05, 0.1) is 0 Å². The van der Waals surface area contributed by atoms with Gasteiger partial charge in [-0.15, -0.1) is 0 Å². The lowest BCUT2D eigenvalue weighted by molar-refractivity contribution is -0.142. The summed E-state index contributed by atoms with van der Waals surface area (Å²) in [5, 5.41) is 3.33. The van der Waals surface area contributed by atoms with Crippen molar-refractivity contribution in [1.82, 2.24) is 10.2 Å². The van der Waals surface area contributed by atoms with E-state index in [1.165, 1.54) is 23.1 Å². The molecule has 0 aliphatic rings. The van der Waals surface area contributed by atoms with Crippen LogP contribution in [0.2, 0.25) is 5.02 Å². The van der Waals surface area contributed by atoms with Gasteiger partial charge in [0, 0.05) is 18.1 Å². The zero-order valence-corrected chi connectivity index (χ0v) is 17.6. The average Bonchev–Trinajstić information content (AvgIpc) is 2.70. The third-order valence-corrected chi connectivity index (χ3v) is 4.71. The molecular weight excluding hydrogens is 395 g/mol. The van der Waals surface area contributed by atoms with Crippen LogP contribution in [-0.4, -0.2) is 35.9 Å². The zero-order valence-electron chi connectivity index (χ0n) is 16.8. The molecule has 0 aromatic heterocycles. The third kappa shape index (κ3) is 6.75. The van der Waals surface area contributed by atoms with Crippen molar-refractivity contribution in [2.75, 3.05) is 13.2 Å². The first-order valence-corrected chi connectivity index (χ1v) is 9.85. The number of benzene rings is 2. The average molecular weight is 421 g/mol. The highest BCUT2D eigenvalue weighted by Gasteiger charge is 2.27. The van der Waals surface area contributed by atoms with Gasteiger partial charge in [0.15, 0.2) is 18.2 Å². The van der Waals surface area contributed by atoms with Gasteiger partial charge in [-0.2, -0.15) is 0 Å². The van der Waals surface area contributed by atoms with Gasteiger partial charge < -0.3 is 15.0 Å². The number of nitrogens with one attached hydrogen (secondary N) is 1. The molecular formula is C22H26ClFN2O3. The predicted octanol–water partition coefficient (Wildman–Crippen LogP) is 4.05. The van der Waals surface area contributed by atoms with Gasteiger partial charge in [-0.05, 0) is 36.6 Å². The van der Waals surface area contributed by atoms with E-state index in [-0.39, 0.29) is 24.1 Å². The molecule has 0 saturated heterocycles. The Morgan fingerprint density at radius 3 is 2.41 bits per heavy atom. The first-order chi connectivity index (χ1) is 13.8. The summed E-state index contributed by atoms with van der Waals surface area (Å²) in [4.78, 5) is 26.8. The molecule has 0 radical (unpaired) electrons. The maximum atomic E-state index is 13.8. The van der Waals surface area contributed by atoms with Crippen LogP contribution < -0.4 is 10.1 Å². The number of halogens is 2. The first-order valence-electron chi connectivity index (χ1n) is 9.47. The van der Waals surface area contributed by atoms with Crippen molar-refractivity contribution in [3.05, 3.63) is 64.9 Å². The smallest absolute Gasteiger partial charge is 0.261 e. The molecule has 1 N–H and O–H groups in total.